The van der Waals surface area contributed by atoms with Crippen molar-refractivity contribution in [2.75, 3.05) is 51.2 Å². The third-order valence-electron chi connectivity index (χ3n) is 3.20. The third kappa shape index (κ3) is 6.65. The summed E-state index contributed by atoms with van der Waals surface area (Å²) in [4.78, 5) is 0. The van der Waals surface area contributed by atoms with Crippen molar-refractivity contribution >= 4 is 22.6 Å². The molecule has 1 aliphatic carbocycles. The van der Waals surface area contributed by atoms with Crippen LogP contribution in [0.5, 0.6) is 0 Å². The number of hydrogen-bond donors (Lipinski definition) is 0. The van der Waals surface area contributed by atoms with Crippen LogP contribution in [-0.2, 0) is 18.9 Å². The molecule has 0 atom stereocenters. The number of halogens is 1. The molecule has 1 aliphatic rings. The Labute approximate surface area is 124 Å². The molecule has 0 heterocycles. The van der Waals surface area contributed by atoms with Crippen molar-refractivity contribution in [1.29, 1.82) is 0 Å². The van der Waals surface area contributed by atoms with Gasteiger partial charge in [-0.25, -0.2) is 0 Å². The molecule has 0 radical (unpaired) electrons. The van der Waals surface area contributed by atoms with E-state index in [0.717, 1.165) is 4.43 Å². The average Bonchev–Trinajstić information content (AvgIpc) is 2.86. The molecule has 108 valence electrons. The highest BCUT2D eigenvalue weighted by atomic mass is 127. The molecule has 4 nitrogen and oxygen atoms in total. The Kier molecular flexibility index (Phi) is 9.58. The molecule has 0 aromatic carbocycles. The second kappa shape index (κ2) is 10.4. The lowest BCUT2D eigenvalue weighted by atomic mass is 10.1. The fourth-order valence-corrected chi connectivity index (χ4v) is 3.10. The van der Waals surface area contributed by atoms with Crippen molar-refractivity contribution in [2.24, 2.45) is 0 Å². The lowest BCUT2D eigenvalue weighted by Crippen LogP contribution is -2.32. The first-order valence-electron chi connectivity index (χ1n) is 6.67. The molecule has 0 saturated heterocycles. The van der Waals surface area contributed by atoms with E-state index in [0.29, 0.717) is 39.6 Å². The van der Waals surface area contributed by atoms with E-state index in [1.54, 1.807) is 7.11 Å². The molecule has 5 heteroatoms. The maximum atomic E-state index is 5.99. The minimum absolute atomic E-state index is 0.138. The van der Waals surface area contributed by atoms with E-state index in [4.69, 9.17) is 18.9 Å². The largest absolute Gasteiger partial charge is 0.382 e. The molecule has 0 aromatic heterocycles. The van der Waals surface area contributed by atoms with Gasteiger partial charge in [0.2, 0.25) is 0 Å². The molecule has 0 aliphatic heterocycles. The standard InChI is InChI=1S/C13H25IO4/c1-15-6-7-16-8-9-17-10-11-18-13(12-14)4-2-3-5-13/h2-12H2,1H3. The molecule has 0 bridgehead atoms. The van der Waals surface area contributed by atoms with E-state index in [-0.39, 0.29) is 5.60 Å². The summed E-state index contributed by atoms with van der Waals surface area (Å²) in [5.41, 5.74) is 0.138. The highest BCUT2D eigenvalue weighted by Crippen LogP contribution is 2.34. The fourth-order valence-electron chi connectivity index (χ4n) is 2.12. The van der Waals surface area contributed by atoms with Gasteiger partial charge in [0.1, 0.15) is 0 Å². The van der Waals surface area contributed by atoms with Gasteiger partial charge in [0.25, 0.3) is 0 Å². The first-order chi connectivity index (χ1) is 8.83. The molecule has 0 spiro atoms. The van der Waals surface area contributed by atoms with Crippen LogP contribution in [-0.4, -0.2) is 56.8 Å². The predicted octanol–water partition coefficient (Wildman–Crippen LogP) is 2.43. The number of rotatable bonds is 11. The molecular weight excluding hydrogens is 347 g/mol. The molecule has 18 heavy (non-hydrogen) atoms. The zero-order chi connectivity index (χ0) is 13.1. The van der Waals surface area contributed by atoms with Gasteiger partial charge in [-0.15, -0.1) is 0 Å². The van der Waals surface area contributed by atoms with Gasteiger partial charge >= 0.3 is 0 Å². The first-order valence-corrected chi connectivity index (χ1v) is 8.20. The van der Waals surface area contributed by atoms with E-state index < -0.39 is 0 Å². The summed E-state index contributed by atoms with van der Waals surface area (Å²) in [5, 5.41) is 0. The first kappa shape index (κ1) is 16.6. The normalized spacial score (nSPS) is 18.3. The summed E-state index contributed by atoms with van der Waals surface area (Å²) in [5.74, 6) is 0. The van der Waals surface area contributed by atoms with Crippen molar-refractivity contribution in [3.8, 4) is 0 Å². The lowest BCUT2D eigenvalue weighted by Gasteiger charge is -2.27. The molecule has 0 amide bonds. The minimum atomic E-state index is 0.138. The molecule has 0 unspecified atom stereocenters. The number of alkyl halides is 1. The van der Waals surface area contributed by atoms with E-state index in [1.165, 1.54) is 25.7 Å². The Morgan fingerprint density at radius 3 is 2.00 bits per heavy atom. The molecule has 1 saturated carbocycles. The van der Waals surface area contributed by atoms with Gasteiger partial charge in [-0.05, 0) is 12.8 Å². The van der Waals surface area contributed by atoms with Crippen LogP contribution in [0.3, 0.4) is 0 Å². The topological polar surface area (TPSA) is 36.9 Å². The van der Waals surface area contributed by atoms with Gasteiger partial charge in [0.05, 0.1) is 45.2 Å². The van der Waals surface area contributed by atoms with Gasteiger partial charge in [-0.2, -0.15) is 0 Å². The number of methoxy groups -OCH3 is 1. The van der Waals surface area contributed by atoms with Gasteiger partial charge in [-0.1, -0.05) is 35.4 Å². The quantitative estimate of drug-likeness (QED) is 0.317. The van der Waals surface area contributed by atoms with Crippen molar-refractivity contribution < 1.29 is 18.9 Å². The highest BCUT2D eigenvalue weighted by molar-refractivity contribution is 14.1. The van der Waals surface area contributed by atoms with Crippen LogP contribution in [0.2, 0.25) is 0 Å². The smallest absolute Gasteiger partial charge is 0.0772 e. The van der Waals surface area contributed by atoms with Gasteiger partial charge in [-0.3, -0.25) is 0 Å². The number of ether oxygens (including phenoxy) is 4. The third-order valence-corrected chi connectivity index (χ3v) is 4.59. The van der Waals surface area contributed by atoms with E-state index >= 15 is 0 Å². The summed E-state index contributed by atoms with van der Waals surface area (Å²) in [7, 11) is 1.67. The van der Waals surface area contributed by atoms with E-state index in [9.17, 15) is 0 Å². The zero-order valence-electron chi connectivity index (χ0n) is 11.3. The van der Waals surface area contributed by atoms with Crippen LogP contribution >= 0.6 is 22.6 Å². The van der Waals surface area contributed by atoms with E-state index in [2.05, 4.69) is 22.6 Å². The van der Waals surface area contributed by atoms with Crippen molar-refractivity contribution in [1.82, 2.24) is 0 Å². The van der Waals surface area contributed by atoms with Crippen LogP contribution in [0, 0.1) is 0 Å². The van der Waals surface area contributed by atoms with Crippen LogP contribution in [0.1, 0.15) is 25.7 Å². The fraction of sp³-hybridized carbons (Fsp3) is 1.00. The van der Waals surface area contributed by atoms with Crippen LogP contribution in [0.15, 0.2) is 0 Å². The molecule has 0 aromatic rings. The SMILES string of the molecule is COCCOCCOCCOC1(CI)CCCC1. The molecule has 1 fully saturated rings. The maximum absolute atomic E-state index is 5.99. The summed E-state index contributed by atoms with van der Waals surface area (Å²) in [6.45, 7) is 3.88. The van der Waals surface area contributed by atoms with Crippen LogP contribution < -0.4 is 0 Å². The van der Waals surface area contributed by atoms with Crippen LogP contribution in [0.25, 0.3) is 0 Å². The number of hydrogen-bond acceptors (Lipinski definition) is 4. The summed E-state index contributed by atoms with van der Waals surface area (Å²) >= 11 is 2.43. The minimum Gasteiger partial charge on any atom is -0.382 e. The van der Waals surface area contributed by atoms with Crippen molar-refractivity contribution in [3.05, 3.63) is 0 Å². The Bertz CT molecular complexity index is 195. The van der Waals surface area contributed by atoms with Gasteiger partial charge in [0, 0.05) is 11.5 Å². The highest BCUT2D eigenvalue weighted by Gasteiger charge is 2.33. The molecule has 0 N–H and O–H groups in total. The second-order valence-electron chi connectivity index (χ2n) is 4.59. The lowest BCUT2D eigenvalue weighted by molar-refractivity contribution is -0.0548. The van der Waals surface area contributed by atoms with Gasteiger partial charge < -0.3 is 18.9 Å². The van der Waals surface area contributed by atoms with E-state index in [1.807, 2.05) is 0 Å². The van der Waals surface area contributed by atoms with Crippen LogP contribution in [0.4, 0.5) is 0 Å². The monoisotopic (exact) mass is 372 g/mol. The zero-order valence-corrected chi connectivity index (χ0v) is 13.4. The second-order valence-corrected chi connectivity index (χ2v) is 5.35. The molecular formula is C13H25IO4. The summed E-state index contributed by atoms with van der Waals surface area (Å²) in [6.07, 6.45) is 5.01. The van der Waals surface area contributed by atoms with Gasteiger partial charge in [0.15, 0.2) is 0 Å². The Morgan fingerprint density at radius 1 is 0.889 bits per heavy atom. The Hall–Kier alpha value is 0.570. The molecule has 1 rings (SSSR count). The Balaban J connectivity index is 1.89. The average molecular weight is 372 g/mol. The predicted molar refractivity (Wildman–Crippen MR) is 79.6 cm³/mol. The van der Waals surface area contributed by atoms with Crippen molar-refractivity contribution in [3.63, 3.8) is 0 Å². The summed E-state index contributed by atoms with van der Waals surface area (Å²) in [6, 6.07) is 0. The Morgan fingerprint density at radius 2 is 1.44 bits per heavy atom. The summed E-state index contributed by atoms with van der Waals surface area (Å²) < 4.78 is 22.7. The maximum Gasteiger partial charge on any atom is 0.0772 e. The van der Waals surface area contributed by atoms with Crippen molar-refractivity contribution in [2.45, 2.75) is 31.3 Å².